The first kappa shape index (κ1) is 20.4. The van der Waals surface area contributed by atoms with Gasteiger partial charge in [-0.15, -0.1) is 0 Å². The number of carbonyl (C=O) groups is 2. The first-order valence-electron chi connectivity index (χ1n) is 8.26. The molecule has 0 heterocycles. The van der Waals surface area contributed by atoms with Crippen LogP contribution >= 0.6 is 11.6 Å². The summed E-state index contributed by atoms with van der Waals surface area (Å²) in [6, 6.07) is 12.0. The third-order valence-electron chi connectivity index (χ3n) is 4.13. The second-order valence-corrected chi connectivity index (χ2v) is 6.58. The van der Waals surface area contributed by atoms with Gasteiger partial charge in [-0.2, -0.15) is 0 Å². The number of carboxylic acid groups (broad SMARTS) is 1. The van der Waals surface area contributed by atoms with E-state index in [0.29, 0.717) is 0 Å². The maximum absolute atomic E-state index is 12.4. The summed E-state index contributed by atoms with van der Waals surface area (Å²) in [5.74, 6) is -1.88. The highest BCUT2D eigenvalue weighted by Gasteiger charge is 2.22. The Kier molecular flexibility index (Phi) is 6.90. The van der Waals surface area contributed by atoms with Crippen molar-refractivity contribution in [3.63, 3.8) is 0 Å². The van der Waals surface area contributed by atoms with Gasteiger partial charge in [0.2, 0.25) is 5.91 Å². The number of nitro benzene ring substituents is 1. The third kappa shape index (κ3) is 5.79. The van der Waals surface area contributed by atoms with Crippen LogP contribution in [0.25, 0.3) is 0 Å². The molecule has 1 amide bonds. The average molecular weight is 390 g/mol. The summed E-state index contributed by atoms with van der Waals surface area (Å²) in [6.45, 7) is 1.88. The lowest BCUT2D eigenvalue weighted by atomic mass is 9.96. The van der Waals surface area contributed by atoms with Crippen molar-refractivity contribution in [2.24, 2.45) is 0 Å². The number of aliphatic carboxylic acids is 1. The molecule has 2 aromatic carbocycles. The van der Waals surface area contributed by atoms with E-state index in [0.717, 1.165) is 11.6 Å². The van der Waals surface area contributed by atoms with Crippen molar-refractivity contribution in [2.45, 2.75) is 31.7 Å². The molecule has 2 aromatic rings. The molecular weight excluding hydrogens is 372 g/mol. The molecule has 7 nitrogen and oxygen atoms in total. The van der Waals surface area contributed by atoms with E-state index in [-0.39, 0.29) is 34.5 Å². The maximum Gasteiger partial charge on any atom is 0.269 e. The second-order valence-electron chi connectivity index (χ2n) is 6.18. The van der Waals surface area contributed by atoms with Crippen molar-refractivity contribution in [1.29, 1.82) is 0 Å². The molecule has 0 aromatic heterocycles. The molecular formula is C19H18ClN2O5-. The molecule has 0 fully saturated rings. The number of nitro groups is 1. The number of nitrogens with zero attached hydrogens (tertiary/aromatic N) is 1. The zero-order valence-electron chi connectivity index (χ0n) is 14.6. The van der Waals surface area contributed by atoms with E-state index in [1.165, 1.54) is 12.1 Å². The van der Waals surface area contributed by atoms with Gasteiger partial charge in [-0.25, -0.2) is 0 Å². The number of halogens is 1. The Hall–Kier alpha value is -2.93. The Morgan fingerprint density at radius 3 is 2.41 bits per heavy atom. The standard InChI is InChI=1S/C19H19ClN2O5/c1-12(13-5-3-2-4-6-13)9-18(23)21-17(11-19(24)25)15-10-14(22(26)27)7-8-16(15)20/h2-8,10,12,17H,9,11H2,1H3,(H,21,23)(H,24,25)/p-1/t12-,17-/m0/s1. The molecule has 0 saturated carbocycles. The number of nitrogens with one attached hydrogen (secondary N) is 1. The highest BCUT2D eigenvalue weighted by molar-refractivity contribution is 6.31. The first-order valence-corrected chi connectivity index (χ1v) is 8.63. The quantitative estimate of drug-likeness (QED) is 0.551. The Labute approximate surface area is 161 Å². The van der Waals surface area contributed by atoms with E-state index in [9.17, 15) is 24.8 Å². The van der Waals surface area contributed by atoms with Crippen molar-refractivity contribution in [1.82, 2.24) is 5.32 Å². The van der Waals surface area contributed by atoms with Gasteiger partial charge in [0.1, 0.15) is 0 Å². The number of amides is 1. The summed E-state index contributed by atoms with van der Waals surface area (Å²) in [4.78, 5) is 33.9. The minimum Gasteiger partial charge on any atom is -0.550 e. The molecule has 0 radical (unpaired) electrons. The topological polar surface area (TPSA) is 112 Å². The van der Waals surface area contributed by atoms with Crippen LogP contribution in [0, 0.1) is 10.1 Å². The third-order valence-corrected chi connectivity index (χ3v) is 4.48. The largest absolute Gasteiger partial charge is 0.550 e. The minimum atomic E-state index is -1.40. The van der Waals surface area contributed by atoms with Gasteiger partial charge in [-0.3, -0.25) is 14.9 Å². The summed E-state index contributed by atoms with van der Waals surface area (Å²) in [5, 5.41) is 24.8. The lowest BCUT2D eigenvalue weighted by molar-refractivity contribution is -0.385. The number of rotatable bonds is 8. The summed E-state index contributed by atoms with van der Waals surface area (Å²) in [6.07, 6.45) is -0.424. The van der Waals surface area contributed by atoms with Crippen molar-refractivity contribution < 1.29 is 19.6 Å². The van der Waals surface area contributed by atoms with Gasteiger partial charge in [-0.05, 0) is 17.5 Å². The van der Waals surface area contributed by atoms with E-state index >= 15 is 0 Å². The molecule has 2 rings (SSSR count). The van der Waals surface area contributed by atoms with Crippen LogP contribution in [-0.4, -0.2) is 16.8 Å². The Bertz CT molecular complexity index is 841. The SMILES string of the molecule is C[C@@H](CC(=O)N[C@@H](CC(=O)[O-])c1cc([N+](=O)[O-])ccc1Cl)c1ccccc1. The van der Waals surface area contributed by atoms with Gasteiger partial charge in [0.15, 0.2) is 0 Å². The zero-order chi connectivity index (χ0) is 20.0. The number of carbonyl (C=O) groups excluding carboxylic acids is 2. The normalized spacial score (nSPS) is 12.8. The van der Waals surface area contributed by atoms with Gasteiger partial charge in [-0.1, -0.05) is 48.9 Å². The van der Waals surface area contributed by atoms with Crippen LogP contribution in [0.5, 0.6) is 0 Å². The van der Waals surface area contributed by atoms with Crippen molar-refractivity contribution in [3.05, 3.63) is 74.8 Å². The molecule has 0 unspecified atom stereocenters. The van der Waals surface area contributed by atoms with E-state index in [2.05, 4.69) is 5.32 Å². The van der Waals surface area contributed by atoms with Crippen LogP contribution in [0.4, 0.5) is 5.69 Å². The molecule has 142 valence electrons. The lowest BCUT2D eigenvalue weighted by Crippen LogP contribution is -2.34. The Balaban J connectivity index is 2.19. The predicted molar refractivity (Wildman–Crippen MR) is 98.1 cm³/mol. The summed E-state index contributed by atoms with van der Waals surface area (Å²) >= 11 is 6.08. The van der Waals surface area contributed by atoms with Gasteiger partial charge in [0.25, 0.3) is 5.69 Å². The van der Waals surface area contributed by atoms with Crippen LogP contribution in [0.3, 0.4) is 0 Å². The molecule has 0 aliphatic heterocycles. The van der Waals surface area contributed by atoms with Gasteiger partial charge < -0.3 is 15.2 Å². The Morgan fingerprint density at radius 1 is 1.15 bits per heavy atom. The zero-order valence-corrected chi connectivity index (χ0v) is 15.3. The van der Waals surface area contributed by atoms with E-state index in [1.807, 2.05) is 37.3 Å². The van der Waals surface area contributed by atoms with Crippen LogP contribution in [-0.2, 0) is 9.59 Å². The van der Waals surface area contributed by atoms with E-state index in [1.54, 1.807) is 0 Å². The van der Waals surface area contributed by atoms with E-state index < -0.39 is 23.4 Å². The van der Waals surface area contributed by atoms with Gasteiger partial charge >= 0.3 is 0 Å². The maximum atomic E-state index is 12.4. The fraction of sp³-hybridized carbons (Fsp3) is 0.263. The van der Waals surface area contributed by atoms with Crippen molar-refractivity contribution >= 4 is 29.2 Å². The molecule has 0 aliphatic rings. The average Bonchev–Trinajstić information content (AvgIpc) is 2.61. The van der Waals surface area contributed by atoms with Crippen LogP contribution in [0.1, 0.15) is 42.9 Å². The Morgan fingerprint density at radius 2 is 1.81 bits per heavy atom. The number of non-ortho nitro benzene ring substituents is 1. The number of hydrogen-bond donors (Lipinski definition) is 1. The van der Waals surface area contributed by atoms with Gasteiger partial charge in [0, 0.05) is 41.5 Å². The molecule has 2 atom stereocenters. The molecule has 0 aliphatic carbocycles. The first-order chi connectivity index (χ1) is 12.8. The lowest BCUT2D eigenvalue weighted by Gasteiger charge is -2.22. The monoisotopic (exact) mass is 389 g/mol. The number of carboxylic acids is 1. The van der Waals surface area contributed by atoms with Crippen LogP contribution < -0.4 is 10.4 Å². The molecule has 1 N–H and O–H groups in total. The minimum absolute atomic E-state index is 0.0876. The molecule has 0 saturated heterocycles. The summed E-state index contributed by atoms with van der Waals surface area (Å²) in [7, 11) is 0. The number of benzene rings is 2. The summed E-state index contributed by atoms with van der Waals surface area (Å²) < 4.78 is 0. The highest BCUT2D eigenvalue weighted by Crippen LogP contribution is 2.29. The van der Waals surface area contributed by atoms with Gasteiger partial charge in [0.05, 0.1) is 11.0 Å². The summed E-state index contributed by atoms with van der Waals surface area (Å²) in [5.41, 5.74) is 0.887. The molecule has 0 bridgehead atoms. The fourth-order valence-electron chi connectivity index (χ4n) is 2.75. The predicted octanol–water partition coefficient (Wildman–Crippen LogP) is 2.74. The van der Waals surface area contributed by atoms with Crippen molar-refractivity contribution in [3.8, 4) is 0 Å². The smallest absolute Gasteiger partial charge is 0.269 e. The van der Waals surface area contributed by atoms with Crippen molar-refractivity contribution in [2.75, 3.05) is 0 Å². The van der Waals surface area contributed by atoms with Crippen LogP contribution in [0.15, 0.2) is 48.5 Å². The molecule has 0 spiro atoms. The van der Waals surface area contributed by atoms with Crippen LogP contribution in [0.2, 0.25) is 5.02 Å². The molecule has 8 heteroatoms. The fourth-order valence-corrected chi connectivity index (χ4v) is 3.00. The number of hydrogen-bond acceptors (Lipinski definition) is 5. The highest BCUT2D eigenvalue weighted by atomic mass is 35.5. The van der Waals surface area contributed by atoms with E-state index in [4.69, 9.17) is 11.6 Å². The molecule has 27 heavy (non-hydrogen) atoms. The second kappa shape index (κ2) is 9.14.